The zero-order valence-electron chi connectivity index (χ0n) is 11.8. The molecule has 0 saturated heterocycles. The molecule has 0 atom stereocenters. The number of carbonyl (C=O) groups is 2. The molecule has 1 amide bonds. The van der Waals surface area contributed by atoms with Crippen LogP contribution in [0.25, 0.3) is 0 Å². The van der Waals surface area contributed by atoms with Crippen molar-refractivity contribution >= 4 is 23.3 Å². The third-order valence-electron chi connectivity index (χ3n) is 2.86. The van der Waals surface area contributed by atoms with Crippen molar-refractivity contribution in [3.63, 3.8) is 0 Å². The number of nitro benzene ring substituents is 1. The molecule has 1 rings (SSSR count). The van der Waals surface area contributed by atoms with E-state index in [1.54, 1.807) is 0 Å². The molecule has 0 bridgehead atoms. The largest absolute Gasteiger partial charge is 0.478 e. The van der Waals surface area contributed by atoms with Crippen LogP contribution >= 0.6 is 0 Å². The average molecular weight is 295 g/mol. The monoisotopic (exact) mass is 295 g/mol. The molecule has 1 aromatic carbocycles. The second kappa shape index (κ2) is 7.22. The van der Waals surface area contributed by atoms with Crippen LogP contribution in [-0.4, -0.2) is 42.0 Å². The second-order valence-corrected chi connectivity index (χ2v) is 4.33. The highest BCUT2D eigenvalue weighted by Gasteiger charge is 2.26. The number of nitrogens with one attached hydrogen (secondary N) is 1. The van der Waals surface area contributed by atoms with Crippen LogP contribution in [-0.2, 0) is 4.79 Å². The van der Waals surface area contributed by atoms with Crippen molar-refractivity contribution in [1.82, 2.24) is 5.32 Å². The lowest BCUT2D eigenvalue weighted by atomic mass is 10.1. The van der Waals surface area contributed by atoms with Crippen LogP contribution < -0.4 is 10.2 Å². The summed E-state index contributed by atoms with van der Waals surface area (Å²) in [5, 5.41) is 22.8. The van der Waals surface area contributed by atoms with Crippen LogP contribution in [0, 0.1) is 10.1 Å². The highest BCUT2D eigenvalue weighted by atomic mass is 16.6. The maximum absolute atomic E-state index is 11.6. The third-order valence-corrected chi connectivity index (χ3v) is 2.86. The molecule has 0 aromatic heterocycles. The fourth-order valence-corrected chi connectivity index (χ4v) is 1.98. The van der Waals surface area contributed by atoms with Gasteiger partial charge < -0.3 is 15.3 Å². The number of hydrogen-bond acceptors (Lipinski definition) is 5. The number of anilines is 1. The topological polar surface area (TPSA) is 113 Å². The summed E-state index contributed by atoms with van der Waals surface area (Å²) in [7, 11) is 1.45. The van der Waals surface area contributed by atoms with E-state index in [9.17, 15) is 24.8 Å². The zero-order valence-corrected chi connectivity index (χ0v) is 11.8. The van der Waals surface area contributed by atoms with E-state index in [-0.39, 0.29) is 29.4 Å². The summed E-state index contributed by atoms with van der Waals surface area (Å²) in [6, 6.07) is 3.83. The summed E-state index contributed by atoms with van der Waals surface area (Å²) in [6.07, 6.45) is 0.613. The van der Waals surface area contributed by atoms with Crippen LogP contribution in [0.2, 0.25) is 0 Å². The Hall–Kier alpha value is -2.64. The van der Waals surface area contributed by atoms with Crippen molar-refractivity contribution < 1.29 is 19.6 Å². The summed E-state index contributed by atoms with van der Waals surface area (Å²) >= 11 is 0. The summed E-state index contributed by atoms with van der Waals surface area (Å²) in [5.41, 5.74) is -0.561. The van der Waals surface area contributed by atoms with Crippen molar-refractivity contribution in [2.45, 2.75) is 13.3 Å². The number of aromatic carboxylic acids is 1. The first-order valence-corrected chi connectivity index (χ1v) is 6.38. The van der Waals surface area contributed by atoms with Crippen LogP contribution in [0.4, 0.5) is 11.4 Å². The van der Waals surface area contributed by atoms with Crippen molar-refractivity contribution in [2.75, 3.05) is 25.0 Å². The maximum atomic E-state index is 11.6. The van der Waals surface area contributed by atoms with Gasteiger partial charge in [-0.1, -0.05) is 13.0 Å². The number of likely N-dealkylation sites (N-methyl/N-ethyl adjacent to an activating group) is 1. The minimum atomic E-state index is -1.27. The van der Waals surface area contributed by atoms with Crippen molar-refractivity contribution in [3.8, 4) is 0 Å². The SMILES string of the molecule is CCCN(CC(=O)NC)c1c(C(=O)O)cccc1[N+](=O)[O-]. The molecule has 21 heavy (non-hydrogen) atoms. The lowest BCUT2D eigenvalue weighted by Crippen LogP contribution is -2.37. The molecule has 8 nitrogen and oxygen atoms in total. The molecule has 0 radical (unpaired) electrons. The lowest BCUT2D eigenvalue weighted by molar-refractivity contribution is -0.384. The molecular weight excluding hydrogens is 278 g/mol. The Bertz CT molecular complexity index is 526. The number of nitro groups is 1. The van der Waals surface area contributed by atoms with Gasteiger partial charge in [0.1, 0.15) is 5.69 Å². The van der Waals surface area contributed by atoms with Crippen LogP contribution in [0.1, 0.15) is 23.7 Å². The Balaban J connectivity index is 3.41. The van der Waals surface area contributed by atoms with Gasteiger partial charge in [0, 0.05) is 19.7 Å². The summed E-state index contributed by atoms with van der Waals surface area (Å²) in [4.78, 5) is 34.8. The number of nitrogens with zero attached hydrogens (tertiary/aromatic N) is 2. The van der Waals surface area contributed by atoms with Gasteiger partial charge in [-0.2, -0.15) is 0 Å². The van der Waals surface area contributed by atoms with E-state index >= 15 is 0 Å². The van der Waals surface area contributed by atoms with E-state index in [2.05, 4.69) is 5.32 Å². The van der Waals surface area contributed by atoms with Crippen LogP contribution in [0.15, 0.2) is 18.2 Å². The number of carboxylic acids is 1. The number of rotatable bonds is 7. The van der Waals surface area contributed by atoms with Crippen molar-refractivity contribution in [2.24, 2.45) is 0 Å². The zero-order chi connectivity index (χ0) is 16.0. The number of carbonyl (C=O) groups excluding carboxylic acids is 1. The third kappa shape index (κ3) is 3.91. The Labute approximate surface area is 121 Å². The molecule has 0 unspecified atom stereocenters. The second-order valence-electron chi connectivity index (χ2n) is 4.33. The van der Waals surface area contributed by atoms with Gasteiger partial charge in [-0.25, -0.2) is 4.79 Å². The number of carboxylic acid groups (broad SMARTS) is 1. The molecule has 8 heteroatoms. The van der Waals surface area contributed by atoms with Crippen molar-refractivity contribution in [1.29, 1.82) is 0 Å². The van der Waals surface area contributed by atoms with Gasteiger partial charge in [0.25, 0.3) is 5.69 Å². The van der Waals surface area contributed by atoms with Gasteiger partial charge in [-0.05, 0) is 12.5 Å². The molecule has 0 aliphatic carbocycles. The molecule has 0 spiro atoms. The number of benzene rings is 1. The predicted molar refractivity (Wildman–Crippen MR) is 76.6 cm³/mol. The molecule has 2 N–H and O–H groups in total. The molecular formula is C13H17N3O5. The van der Waals surface area contributed by atoms with E-state index in [0.29, 0.717) is 13.0 Å². The van der Waals surface area contributed by atoms with Crippen LogP contribution in [0.5, 0.6) is 0 Å². The fourth-order valence-electron chi connectivity index (χ4n) is 1.98. The average Bonchev–Trinajstić information content (AvgIpc) is 2.45. The first-order valence-electron chi connectivity index (χ1n) is 6.38. The maximum Gasteiger partial charge on any atom is 0.338 e. The van der Waals surface area contributed by atoms with Gasteiger partial charge in [-0.15, -0.1) is 0 Å². The van der Waals surface area contributed by atoms with Crippen molar-refractivity contribution in [3.05, 3.63) is 33.9 Å². The Kier molecular flexibility index (Phi) is 5.65. The fraction of sp³-hybridized carbons (Fsp3) is 0.385. The lowest BCUT2D eigenvalue weighted by Gasteiger charge is -2.24. The summed E-state index contributed by atoms with van der Waals surface area (Å²) < 4.78 is 0. The minimum absolute atomic E-state index is 0.0412. The molecule has 0 aliphatic heterocycles. The Morgan fingerprint density at radius 2 is 2.10 bits per heavy atom. The number of amides is 1. The van der Waals surface area contributed by atoms with E-state index < -0.39 is 10.9 Å². The van der Waals surface area contributed by atoms with E-state index in [1.165, 1.54) is 30.1 Å². The minimum Gasteiger partial charge on any atom is -0.478 e. The molecule has 114 valence electrons. The quantitative estimate of drug-likeness (QED) is 0.578. The normalized spacial score (nSPS) is 10.0. The highest BCUT2D eigenvalue weighted by molar-refractivity contribution is 5.98. The number of para-hydroxylation sites is 1. The van der Waals surface area contributed by atoms with Gasteiger partial charge in [0.05, 0.1) is 17.0 Å². The summed E-state index contributed by atoms with van der Waals surface area (Å²) in [5.74, 6) is -1.62. The summed E-state index contributed by atoms with van der Waals surface area (Å²) in [6.45, 7) is 2.03. The Morgan fingerprint density at radius 3 is 2.57 bits per heavy atom. The van der Waals surface area contributed by atoms with Gasteiger partial charge in [0.2, 0.25) is 5.91 Å². The molecule has 0 fully saturated rings. The molecule has 1 aromatic rings. The number of hydrogen-bond donors (Lipinski definition) is 2. The van der Waals surface area contributed by atoms with Crippen LogP contribution in [0.3, 0.4) is 0 Å². The smallest absolute Gasteiger partial charge is 0.338 e. The molecule has 0 aliphatic rings. The van der Waals surface area contributed by atoms with Gasteiger partial charge in [0.15, 0.2) is 0 Å². The standard InChI is InChI=1S/C13H17N3O5/c1-3-7-15(8-11(17)14-2)12-9(13(18)19)5-4-6-10(12)16(20)21/h4-6H,3,7-8H2,1-2H3,(H,14,17)(H,18,19). The first kappa shape index (κ1) is 16.4. The van der Waals surface area contributed by atoms with Gasteiger partial charge >= 0.3 is 5.97 Å². The molecule has 0 heterocycles. The van der Waals surface area contributed by atoms with E-state index in [0.717, 1.165) is 0 Å². The van der Waals surface area contributed by atoms with E-state index in [1.807, 2.05) is 6.92 Å². The Morgan fingerprint density at radius 1 is 1.43 bits per heavy atom. The van der Waals surface area contributed by atoms with Gasteiger partial charge in [-0.3, -0.25) is 14.9 Å². The van der Waals surface area contributed by atoms with E-state index in [4.69, 9.17) is 0 Å². The highest BCUT2D eigenvalue weighted by Crippen LogP contribution is 2.32. The first-order chi connectivity index (χ1) is 9.92. The molecule has 0 saturated carbocycles. The predicted octanol–water partition coefficient (Wildman–Crippen LogP) is 1.26.